The number of nitrogens with one attached hydrogen (secondary N) is 2. The average Bonchev–Trinajstić information content (AvgIpc) is 2.93. The largest absolute Gasteiger partial charge is 0.497 e. The molecule has 0 heterocycles. The Hall–Kier alpha value is -3.92. The van der Waals surface area contributed by atoms with Gasteiger partial charge in [0.15, 0.2) is 0 Å². The summed E-state index contributed by atoms with van der Waals surface area (Å²) >= 11 is 0. The fourth-order valence-electron chi connectivity index (χ4n) is 4.45. The third-order valence-corrected chi connectivity index (χ3v) is 8.22. The van der Waals surface area contributed by atoms with E-state index < -0.39 is 28.3 Å². The lowest BCUT2D eigenvalue weighted by molar-refractivity contribution is -0.114. The molecule has 0 bridgehead atoms. The first-order valence-corrected chi connectivity index (χ1v) is 13.8. The summed E-state index contributed by atoms with van der Waals surface area (Å²) in [5, 5.41) is 5.66. The maximum atomic E-state index is 14.8. The van der Waals surface area contributed by atoms with Crippen LogP contribution in [-0.2, 0) is 14.8 Å². The number of amides is 2. The van der Waals surface area contributed by atoms with Gasteiger partial charge in [0.1, 0.15) is 18.1 Å². The van der Waals surface area contributed by atoms with Gasteiger partial charge in [-0.1, -0.05) is 43.5 Å². The lowest BCUT2D eigenvalue weighted by atomic mass is 9.95. The molecule has 3 aromatic rings. The Labute approximate surface area is 221 Å². The second kappa shape index (κ2) is 12.1. The first-order valence-electron chi connectivity index (χ1n) is 12.4. The first-order chi connectivity index (χ1) is 18.3. The highest BCUT2D eigenvalue weighted by atomic mass is 32.2. The van der Waals surface area contributed by atoms with Gasteiger partial charge in [-0.05, 0) is 61.4 Å². The molecule has 0 aromatic heterocycles. The average molecular weight is 540 g/mol. The lowest BCUT2D eigenvalue weighted by Gasteiger charge is -2.25. The summed E-state index contributed by atoms with van der Waals surface area (Å²) in [5.41, 5.74) is 0.227. The number of hydrogen-bond donors (Lipinski definition) is 2. The maximum absolute atomic E-state index is 14.8. The zero-order chi connectivity index (χ0) is 27.1. The second-order valence-electron chi connectivity index (χ2n) is 9.04. The van der Waals surface area contributed by atoms with Crippen LogP contribution in [0.3, 0.4) is 0 Å². The minimum atomic E-state index is -4.34. The molecule has 1 saturated carbocycles. The maximum Gasteiger partial charge on any atom is 0.264 e. The summed E-state index contributed by atoms with van der Waals surface area (Å²) in [6.07, 6.45) is 5.06. The number of nitrogens with zero attached hydrogens (tertiary/aromatic N) is 1. The van der Waals surface area contributed by atoms with Crippen molar-refractivity contribution in [1.82, 2.24) is 5.32 Å². The standard InChI is InChI=1S/C28H30FN3O5S/c1-37-21-15-17-22(18-16-21)38(35,36)32(26-14-8-6-12-24(26)29)19-27(33)31-25-13-7-5-11-23(25)28(34)30-20-9-3-2-4-10-20/h5-8,11-18,20H,2-4,9-10,19H2,1H3,(H,30,34)(H,31,33). The molecule has 0 spiro atoms. The molecule has 2 N–H and O–H groups in total. The van der Waals surface area contributed by atoms with E-state index in [0.29, 0.717) is 10.1 Å². The number of carbonyl (C=O) groups is 2. The topological polar surface area (TPSA) is 105 Å². The quantitative estimate of drug-likeness (QED) is 0.409. The van der Waals surface area contributed by atoms with Crippen LogP contribution in [0.25, 0.3) is 0 Å². The molecule has 8 nitrogen and oxygen atoms in total. The van der Waals surface area contributed by atoms with Gasteiger partial charge in [0.25, 0.3) is 15.9 Å². The molecule has 0 saturated heterocycles. The Morgan fingerprint density at radius 2 is 1.61 bits per heavy atom. The number of benzene rings is 3. The van der Waals surface area contributed by atoms with Crippen LogP contribution < -0.4 is 19.7 Å². The number of methoxy groups -OCH3 is 1. The predicted octanol–water partition coefficient (Wildman–Crippen LogP) is 4.73. The number of sulfonamides is 1. The van der Waals surface area contributed by atoms with Crippen molar-refractivity contribution in [2.24, 2.45) is 0 Å². The number of ether oxygens (including phenoxy) is 1. The molecule has 1 fully saturated rings. The fraction of sp³-hybridized carbons (Fsp3) is 0.286. The van der Waals surface area contributed by atoms with Crippen molar-refractivity contribution >= 4 is 33.2 Å². The molecule has 0 aliphatic heterocycles. The van der Waals surface area contributed by atoms with Crippen molar-refractivity contribution in [3.05, 3.63) is 84.2 Å². The van der Waals surface area contributed by atoms with Gasteiger partial charge in [-0.2, -0.15) is 0 Å². The number of rotatable bonds is 9. The van der Waals surface area contributed by atoms with Crippen LogP contribution in [0.15, 0.2) is 77.7 Å². The van der Waals surface area contributed by atoms with E-state index in [0.717, 1.165) is 38.2 Å². The van der Waals surface area contributed by atoms with E-state index in [4.69, 9.17) is 4.74 Å². The predicted molar refractivity (Wildman–Crippen MR) is 143 cm³/mol. The number of carbonyl (C=O) groups excluding carboxylic acids is 2. The fourth-order valence-corrected chi connectivity index (χ4v) is 5.88. The molecule has 0 unspecified atom stereocenters. The summed E-state index contributed by atoms with van der Waals surface area (Å²) < 4.78 is 47.7. The van der Waals surface area contributed by atoms with Crippen molar-refractivity contribution in [3.8, 4) is 5.75 Å². The number of para-hydroxylation sites is 2. The summed E-state index contributed by atoms with van der Waals surface area (Å²) in [4.78, 5) is 26.0. The third kappa shape index (κ3) is 6.31. The van der Waals surface area contributed by atoms with E-state index in [1.165, 1.54) is 49.6 Å². The monoisotopic (exact) mass is 539 g/mol. The van der Waals surface area contributed by atoms with E-state index in [1.54, 1.807) is 24.3 Å². The van der Waals surface area contributed by atoms with Crippen molar-refractivity contribution in [2.45, 2.75) is 43.0 Å². The Balaban J connectivity index is 1.58. The molecule has 0 atom stereocenters. The van der Waals surface area contributed by atoms with E-state index in [2.05, 4.69) is 10.6 Å². The smallest absolute Gasteiger partial charge is 0.264 e. The van der Waals surface area contributed by atoms with Gasteiger partial charge >= 0.3 is 0 Å². The number of anilines is 2. The van der Waals surface area contributed by atoms with Crippen LogP contribution in [0, 0.1) is 5.82 Å². The van der Waals surface area contributed by atoms with E-state index in [9.17, 15) is 22.4 Å². The molecule has 2 amide bonds. The molecule has 0 radical (unpaired) electrons. The SMILES string of the molecule is COc1ccc(S(=O)(=O)N(CC(=O)Nc2ccccc2C(=O)NC2CCCCC2)c2ccccc2F)cc1. The van der Waals surface area contributed by atoms with Gasteiger partial charge in [-0.15, -0.1) is 0 Å². The molecular weight excluding hydrogens is 509 g/mol. The molecule has 3 aromatic carbocycles. The summed E-state index contributed by atoms with van der Waals surface area (Å²) in [5.74, 6) is -1.40. The van der Waals surface area contributed by atoms with E-state index >= 15 is 0 Å². The molecule has 10 heteroatoms. The summed E-state index contributed by atoms with van der Waals surface area (Å²) in [6.45, 7) is -0.714. The van der Waals surface area contributed by atoms with Gasteiger partial charge in [-0.3, -0.25) is 13.9 Å². The third-order valence-electron chi connectivity index (χ3n) is 6.44. The minimum absolute atomic E-state index is 0.0752. The first kappa shape index (κ1) is 27.1. The van der Waals surface area contributed by atoms with Gasteiger partial charge in [0, 0.05) is 6.04 Å². The number of hydrogen-bond acceptors (Lipinski definition) is 5. The van der Waals surface area contributed by atoms with Crippen LogP contribution in [0.1, 0.15) is 42.5 Å². The second-order valence-corrected chi connectivity index (χ2v) is 10.9. The van der Waals surface area contributed by atoms with Crippen LogP contribution in [0.5, 0.6) is 5.75 Å². The van der Waals surface area contributed by atoms with Gasteiger partial charge < -0.3 is 15.4 Å². The Morgan fingerprint density at radius 3 is 2.29 bits per heavy atom. The highest BCUT2D eigenvalue weighted by Gasteiger charge is 2.30. The Bertz CT molecular complexity index is 1390. The minimum Gasteiger partial charge on any atom is -0.497 e. The van der Waals surface area contributed by atoms with E-state index in [-0.39, 0.29) is 33.8 Å². The highest BCUT2D eigenvalue weighted by molar-refractivity contribution is 7.92. The Morgan fingerprint density at radius 1 is 0.947 bits per heavy atom. The Kier molecular flexibility index (Phi) is 8.62. The molecule has 200 valence electrons. The van der Waals surface area contributed by atoms with Crippen molar-refractivity contribution < 1.29 is 27.1 Å². The highest BCUT2D eigenvalue weighted by Crippen LogP contribution is 2.28. The van der Waals surface area contributed by atoms with Crippen molar-refractivity contribution in [1.29, 1.82) is 0 Å². The molecule has 4 rings (SSSR count). The summed E-state index contributed by atoms with van der Waals surface area (Å²) in [7, 11) is -2.89. The number of halogens is 1. The van der Waals surface area contributed by atoms with Crippen LogP contribution >= 0.6 is 0 Å². The van der Waals surface area contributed by atoms with Gasteiger partial charge in [-0.25, -0.2) is 12.8 Å². The van der Waals surface area contributed by atoms with E-state index in [1.807, 2.05) is 0 Å². The van der Waals surface area contributed by atoms with Crippen LogP contribution in [0.4, 0.5) is 15.8 Å². The van der Waals surface area contributed by atoms with Gasteiger partial charge in [0.05, 0.1) is 28.9 Å². The van der Waals surface area contributed by atoms with Crippen molar-refractivity contribution in [3.63, 3.8) is 0 Å². The zero-order valence-corrected chi connectivity index (χ0v) is 21.8. The lowest BCUT2D eigenvalue weighted by Crippen LogP contribution is -2.39. The molecule has 38 heavy (non-hydrogen) atoms. The zero-order valence-electron chi connectivity index (χ0n) is 21.0. The molecular formula is C28H30FN3O5S. The van der Waals surface area contributed by atoms with Crippen molar-refractivity contribution in [2.75, 3.05) is 23.3 Å². The normalized spacial score (nSPS) is 13.9. The van der Waals surface area contributed by atoms with Gasteiger partial charge in [0.2, 0.25) is 5.91 Å². The molecule has 1 aliphatic carbocycles. The molecule has 1 aliphatic rings. The van der Waals surface area contributed by atoms with Crippen LogP contribution in [-0.4, -0.2) is 39.9 Å². The summed E-state index contributed by atoms with van der Waals surface area (Å²) in [6, 6.07) is 17.5. The van der Waals surface area contributed by atoms with Crippen LogP contribution in [0.2, 0.25) is 0 Å².